The Kier molecular flexibility index (Phi) is 2.02. The molecule has 1 aromatic heterocycles. The average Bonchev–Trinajstić information content (AvgIpc) is 2.58. The van der Waals surface area contributed by atoms with Gasteiger partial charge in [0.1, 0.15) is 0 Å². The number of benzene rings is 1. The van der Waals surface area contributed by atoms with E-state index in [4.69, 9.17) is 5.11 Å². The fraction of sp³-hybridized carbons (Fsp3) is 0.300. The fourth-order valence-electron chi connectivity index (χ4n) is 1.37. The van der Waals surface area contributed by atoms with Crippen molar-refractivity contribution in [1.82, 2.24) is 9.78 Å². The second-order valence-electron chi connectivity index (χ2n) is 3.04. The lowest BCUT2D eigenvalue weighted by atomic mass is 10.2. The monoisotopic (exact) mass is 176 g/mol. The topological polar surface area (TPSA) is 38.0 Å². The molecule has 0 saturated carbocycles. The van der Waals surface area contributed by atoms with Gasteiger partial charge in [-0.1, -0.05) is 12.1 Å². The molecule has 0 spiro atoms. The molecule has 1 aromatic carbocycles. The van der Waals surface area contributed by atoms with E-state index in [1.807, 2.05) is 29.1 Å². The lowest BCUT2D eigenvalue weighted by Crippen LogP contribution is -1.92. The van der Waals surface area contributed by atoms with E-state index >= 15 is 0 Å². The van der Waals surface area contributed by atoms with Gasteiger partial charge in [-0.05, 0) is 18.6 Å². The zero-order valence-electron chi connectivity index (χ0n) is 7.57. The molecular formula is C10H12N2O. The lowest BCUT2D eigenvalue weighted by Gasteiger charge is -1.93. The minimum absolute atomic E-state index is 0.0783. The fourth-order valence-corrected chi connectivity index (χ4v) is 1.37. The van der Waals surface area contributed by atoms with Crippen LogP contribution in [0.3, 0.4) is 0 Å². The molecule has 2 aromatic rings. The second kappa shape index (κ2) is 3.18. The largest absolute Gasteiger partial charge is 0.392 e. The predicted octanol–water partition coefficient (Wildman–Crippen LogP) is 1.55. The third kappa shape index (κ3) is 1.42. The van der Waals surface area contributed by atoms with E-state index in [0.717, 1.165) is 23.0 Å². The van der Waals surface area contributed by atoms with Gasteiger partial charge in [0.25, 0.3) is 0 Å². The Bertz CT molecular complexity index is 418. The van der Waals surface area contributed by atoms with Gasteiger partial charge in [-0.2, -0.15) is 5.10 Å². The van der Waals surface area contributed by atoms with Crippen LogP contribution in [0.15, 0.2) is 24.4 Å². The summed E-state index contributed by atoms with van der Waals surface area (Å²) in [4.78, 5) is 0. The van der Waals surface area contributed by atoms with Crippen molar-refractivity contribution in [2.75, 3.05) is 0 Å². The van der Waals surface area contributed by atoms with E-state index in [1.165, 1.54) is 0 Å². The van der Waals surface area contributed by atoms with E-state index in [1.54, 1.807) is 0 Å². The first-order chi connectivity index (χ1) is 6.33. The molecule has 0 aliphatic carbocycles. The molecule has 0 saturated heterocycles. The minimum Gasteiger partial charge on any atom is -0.392 e. The zero-order chi connectivity index (χ0) is 9.26. The van der Waals surface area contributed by atoms with Crippen LogP contribution in [0.4, 0.5) is 0 Å². The van der Waals surface area contributed by atoms with Crippen LogP contribution in [-0.2, 0) is 13.2 Å². The summed E-state index contributed by atoms with van der Waals surface area (Å²) in [7, 11) is 0. The van der Waals surface area contributed by atoms with Gasteiger partial charge in [-0.25, -0.2) is 0 Å². The molecule has 68 valence electrons. The SMILES string of the molecule is CCn1cc2ccc(CO)cc2n1. The molecule has 1 heterocycles. The first-order valence-electron chi connectivity index (χ1n) is 4.40. The van der Waals surface area contributed by atoms with Crippen LogP contribution in [0, 0.1) is 0 Å². The molecule has 0 radical (unpaired) electrons. The molecule has 0 bridgehead atoms. The third-order valence-electron chi connectivity index (χ3n) is 2.13. The normalized spacial score (nSPS) is 10.9. The third-order valence-corrected chi connectivity index (χ3v) is 2.13. The Labute approximate surface area is 76.6 Å². The summed E-state index contributed by atoms with van der Waals surface area (Å²) >= 11 is 0. The maximum atomic E-state index is 8.93. The molecule has 0 aliphatic rings. The first-order valence-corrected chi connectivity index (χ1v) is 4.40. The Balaban J connectivity index is 2.57. The smallest absolute Gasteiger partial charge is 0.0926 e. The summed E-state index contributed by atoms with van der Waals surface area (Å²) in [6, 6.07) is 5.82. The molecule has 3 heteroatoms. The highest BCUT2D eigenvalue weighted by atomic mass is 16.3. The maximum Gasteiger partial charge on any atom is 0.0926 e. The number of aliphatic hydroxyl groups is 1. The highest BCUT2D eigenvalue weighted by molar-refractivity contribution is 5.78. The first kappa shape index (κ1) is 8.26. The van der Waals surface area contributed by atoms with Crippen LogP contribution >= 0.6 is 0 Å². The second-order valence-corrected chi connectivity index (χ2v) is 3.04. The summed E-state index contributed by atoms with van der Waals surface area (Å²) in [5.74, 6) is 0. The number of aryl methyl sites for hydroxylation is 1. The van der Waals surface area contributed by atoms with E-state index in [-0.39, 0.29) is 6.61 Å². The van der Waals surface area contributed by atoms with Crippen molar-refractivity contribution < 1.29 is 5.11 Å². The summed E-state index contributed by atoms with van der Waals surface area (Å²) in [5.41, 5.74) is 1.86. The average molecular weight is 176 g/mol. The Morgan fingerprint density at radius 3 is 3.00 bits per heavy atom. The molecule has 0 amide bonds. The Morgan fingerprint density at radius 1 is 1.46 bits per heavy atom. The van der Waals surface area contributed by atoms with Crippen LogP contribution in [0.5, 0.6) is 0 Å². The van der Waals surface area contributed by atoms with E-state index in [9.17, 15) is 0 Å². The summed E-state index contributed by atoms with van der Waals surface area (Å²) in [6.45, 7) is 3.01. The van der Waals surface area contributed by atoms with Crippen LogP contribution in [0.25, 0.3) is 10.9 Å². The van der Waals surface area contributed by atoms with Crippen molar-refractivity contribution in [2.45, 2.75) is 20.1 Å². The highest BCUT2D eigenvalue weighted by Gasteiger charge is 1.99. The molecule has 0 unspecified atom stereocenters. The molecule has 1 N–H and O–H groups in total. The van der Waals surface area contributed by atoms with Gasteiger partial charge in [-0.15, -0.1) is 0 Å². The van der Waals surface area contributed by atoms with Crippen LogP contribution in [0.1, 0.15) is 12.5 Å². The van der Waals surface area contributed by atoms with Crippen molar-refractivity contribution in [2.24, 2.45) is 0 Å². The molecule has 0 atom stereocenters. The number of nitrogens with zero attached hydrogens (tertiary/aromatic N) is 2. The highest BCUT2D eigenvalue weighted by Crippen LogP contribution is 2.14. The number of aliphatic hydroxyl groups excluding tert-OH is 1. The van der Waals surface area contributed by atoms with Gasteiger partial charge in [0.15, 0.2) is 0 Å². The van der Waals surface area contributed by atoms with E-state index in [2.05, 4.69) is 12.0 Å². The zero-order valence-corrected chi connectivity index (χ0v) is 7.57. The molecule has 3 nitrogen and oxygen atoms in total. The Hall–Kier alpha value is -1.35. The lowest BCUT2D eigenvalue weighted by molar-refractivity contribution is 0.282. The van der Waals surface area contributed by atoms with Crippen LogP contribution in [-0.4, -0.2) is 14.9 Å². The van der Waals surface area contributed by atoms with Gasteiger partial charge < -0.3 is 5.11 Å². The van der Waals surface area contributed by atoms with E-state index < -0.39 is 0 Å². The summed E-state index contributed by atoms with van der Waals surface area (Å²) in [6.07, 6.45) is 2.01. The van der Waals surface area contributed by atoms with Gasteiger partial charge in [0, 0.05) is 18.1 Å². The standard InChI is InChI=1S/C10H12N2O/c1-2-12-6-9-4-3-8(7-13)5-10(9)11-12/h3-6,13H,2,7H2,1H3. The van der Waals surface area contributed by atoms with Crippen molar-refractivity contribution in [3.63, 3.8) is 0 Å². The van der Waals surface area contributed by atoms with Crippen molar-refractivity contribution in [1.29, 1.82) is 0 Å². The van der Waals surface area contributed by atoms with Crippen molar-refractivity contribution in [3.05, 3.63) is 30.0 Å². The molecule has 13 heavy (non-hydrogen) atoms. The number of fused-ring (bicyclic) bond motifs is 1. The predicted molar refractivity (Wildman–Crippen MR) is 51.3 cm³/mol. The van der Waals surface area contributed by atoms with Gasteiger partial charge >= 0.3 is 0 Å². The van der Waals surface area contributed by atoms with Gasteiger partial charge in [0.05, 0.1) is 12.1 Å². The minimum atomic E-state index is 0.0783. The number of hydrogen-bond donors (Lipinski definition) is 1. The van der Waals surface area contributed by atoms with E-state index in [0.29, 0.717) is 0 Å². The quantitative estimate of drug-likeness (QED) is 0.753. The summed E-state index contributed by atoms with van der Waals surface area (Å²) < 4.78 is 1.89. The van der Waals surface area contributed by atoms with Crippen molar-refractivity contribution >= 4 is 10.9 Å². The Morgan fingerprint density at radius 2 is 2.31 bits per heavy atom. The van der Waals surface area contributed by atoms with Crippen molar-refractivity contribution in [3.8, 4) is 0 Å². The van der Waals surface area contributed by atoms with Gasteiger partial charge in [0.2, 0.25) is 0 Å². The maximum absolute atomic E-state index is 8.93. The molecule has 0 aliphatic heterocycles. The summed E-state index contributed by atoms with van der Waals surface area (Å²) in [5, 5.41) is 14.4. The van der Waals surface area contributed by atoms with Crippen LogP contribution < -0.4 is 0 Å². The number of hydrogen-bond acceptors (Lipinski definition) is 2. The van der Waals surface area contributed by atoms with Crippen LogP contribution in [0.2, 0.25) is 0 Å². The van der Waals surface area contributed by atoms with Gasteiger partial charge in [-0.3, -0.25) is 4.68 Å². The molecule has 2 rings (SSSR count). The number of aromatic nitrogens is 2. The molecular weight excluding hydrogens is 164 g/mol. The molecule has 0 fully saturated rings. The number of rotatable bonds is 2.